The van der Waals surface area contributed by atoms with Gasteiger partial charge in [0.1, 0.15) is 0 Å². The minimum Gasteiger partial charge on any atom is -0.490 e. The van der Waals surface area contributed by atoms with Crippen LogP contribution in [0.5, 0.6) is 11.5 Å². The van der Waals surface area contributed by atoms with Crippen molar-refractivity contribution in [1.29, 1.82) is 0 Å². The van der Waals surface area contributed by atoms with E-state index in [1.807, 2.05) is 30.3 Å². The number of ether oxygens (including phenoxy) is 2. The average molecular weight is 387 g/mol. The van der Waals surface area contributed by atoms with E-state index in [4.69, 9.17) is 4.74 Å². The Morgan fingerprint density at radius 3 is 2.68 bits per heavy atom. The van der Waals surface area contributed by atoms with Gasteiger partial charge in [-0.05, 0) is 30.7 Å². The van der Waals surface area contributed by atoms with E-state index in [2.05, 4.69) is 15.2 Å². The Morgan fingerprint density at radius 2 is 1.96 bits per heavy atom. The summed E-state index contributed by atoms with van der Waals surface area (Å²) in [4.78, 5) is 12.5. The van der Waals surface area contributed by atoms with E-state index >= 15 is 0 Å². The van der Waals surface area contributed by atoms with E-state index in [0.29, 0.717) is 12.2 Å². The number of rotatable bonds is 8. The van der Waals surface area contributed by atoms with Crippen LogP contribution in [-0.2, 0) is 6.54 Å². The first-order chi connectivity index (χ1) is 13.5. The van der Waals surface area contributed by atoms with E-state index in [9.17, 15) is 13.6 Å². The molecule has 3 aromatic rings. The predicted octanol–water partition coefficient (Wildman–Crippen LogP) is 4.18. The van der Waals surface area contributed by atoms with Gasteiger partial charge in [-0.25, -0.2) is 0 Å². The number of aromatic nitrogens is 2. The van der Waals surface area contributed by atoms with Crippen LogP contribution in [0.2, 0.25) is 0 Å². The van der Waals surface area contributed by atoms with Gasteiger partial charge in [-0.1, -0.05) is 30.3 Å². The van der Waals surface area contributed by atoms with E-state index in [-0.39, 0.29) is 23.7 Å². The lowest BCUT2D eigenvalue weighted by molar-refractivity contribution is -0.0514. The highest BCUT2D eigenvalue weighted by molar-refractivity contribution is 6.04. The van der Waals surface area contributed by atoms with Crippen LogP contribution in [0, 0.1) is 0 Å². The molecular formula is C20H19F2N3O3. The minimum absolute atomic E-state index is 0.0789. The summed E-state index contributed by atoms with van der Waals surface area (Å²) < 4.78 is 36.4. The molecule has 0 radical (unpaired) electrons. The third-order valence-corrected chi connectivity index (χ3v) is 3.80. The number of halogens is 2. The number of anilines is 1. The zero-order valence-electron chi connectivity index (χ0n) is 15.1. The summed E-state index contributed by atoms with van der Waals surface area (Å²) in [5.41, 5.74) is 1.85. The Balaban J connectivity index is 1.70. The molecule has 6 nitrogen and oxygen atoms in total. The Bertz CT molecular complexity index is 929. The fourth-order valence-corrected chi connectivity index (χ4v) is 2.60. The molecule has 0 saturated carbocycles. The zero-order valence-corrected chi connectivity index (χ0v) is 15.1. The molecule has 146 valence electrons. The van der Waals surface area contributed by atoms with Gasteiger partial charge >= 0.3 is 6.61 Å². The lowest BCUT2D eigenvalue weighted by atomic mass is 10.2. The molecule has 1 N–H and O–H groups in total. The molecule has 1 aromatic heterocycles. The highest BCUT2D eigenvalue weighted by Gasteiger charge is 2.15. The van der Waals surface area contributed by atoms with Crippen LogP contribution < -0.4 is 14.8 Å². The largest absolute Gasteiger partial charge is 0.490 e. The summed E-state index contributed by atoms with van der Waals surface area (Å²) in [6, 6.07) is 13.8. The maximum Gasteiger partial charge on any atom is 0.387 e. The van der Waals surface area contributed by atoms with Crippen molar-refractivity contribution in [2.24, 2.45) is 0 Å². The summed E-state index contributed by atoms with van der Waals surface area (Å²) in [7, 11) is 0. The highest BCUT2D eigenvalue weighted by atomic mass is 19.3. The van der Waals surface area contributed by atoms with Crippen molar-refractivity contribution in [2.45, 2.75) is 20.1 Å². The Kier molecular flexibility index (Phi) is 6.21. The number of hydrogen-bond acceptors (Lipinski definition) is 4. The average Bonchev–Trinajstić information content (AvgIpc) is 3.10. The molecule has 8 heteroatoms. The van der Waals surface area contributed by atoms with E-state index < -0.39 is 12.5 Å². The van der Waals surface area contributed by atoms with Gasteiger partial charge < -0.3 is 14.8 Å². The molecule has 28 heavy (non-hydrogen) atoms. The molecule has 0 aliphatic carbocycles. The van der Waals surface area contributed by atoms with Crippen molar-refractivity contribution in [3.05, 3.63) is 72.1 Å². The fraction of sp³-hybridized carbons (Fsp3) is 0.200. The summed E-state index contributed by atoms with van der Waals surface area (Å²) in [5, 5.41) is 6.95. The SMILES string of the molecule is CCOc1cc(C(=O)Nc2cnn(Cc3ccccc3)c2)ccc1OC(F)F. The summed E-state index contributed by atoms with van der Waals surface area (Å²) in [6.45, 7) is -0.448. The molecule has 0 spiro atoms. The third-order valence-electron chi connectivity index (χ3n) is 3.80. The van der Waals surface area contributed by atoms with Crippen LogP contribution in [-0.4, -0.2) is 28.9 Å². The standard InChI is InChI=1S/C20H19F2N3O3/c1-2-27-18-10-15(8-9-17(18)28-20(21)22)19(26)24-16-11-23-25(13-16)12-14-6-4-3-5-7-14/h3-11,13,20H,2,12H2,1H3,(H,24,26). The van der Waals surface area contributed by atoms with Gasteiger partial charge in [0.05, 0.1) is 25.0 Å². The highest BCUT2D eigenvalue weighted by Crippen LogP contribution is 2.30. The number of carbonyl (C=O) groups excluding carboxylic acids is 1. The van der Waals surface area contributed by atoms with Crippen LogP contribution in [0.1, 0.15) is 22.8 Å². The summed E-state index contributed by atoms with van der Waals surface area (Å²) >= 11 is 0. The minimum atomic E-state index is -2.98. The maximum absolute atomic E-state index is 12.5. The Hall–Kier alpha value is -3.42. The molecule has 0 unspecified atom stereocenters. The van der Waals surface area contributed by atoms with Gasteiger partial charge in [0.15, 0.2) is 11.5 Å². The second kappa shape index (κ2) is 8.98. The van der Waals surface area contributed by atoms with Gasteiger partial charge in [0.2, 0.25) is 0 Å². The van der Waals surface area contributed by atoms with Crippen molar-refractivity contribution >= 4 is 11.6 Å². The van der Waals surface area contributed by atoms with Gasteiger partial charge in [-0.15, -0.1) is 0 Å². The Morgan fingerprint density at radius 1 is 1.18 bits per heavy atom. The molecule has 0 aliphatic rings. The van der Waals surface area contributed by atoms with Crippen LogP contribution in [0.15, 0.2) is 60.9 Å². The first kappa shape index (κ1) is 19.3. The number of alkyl halides is 2. The third kappa shape index (κ3) is 5.06. The monoisotopic (exact) mass is 387 g/mol. The zero-order chi connectivity index (χ0) is 19.9. The second-order valence-electron chi connectivity index (χ2n) is 5.84. The number of carbonyl (C=O) groups is 1. The molecule has 0 fully saturated rings. The number of nitrogens with one attached hydrogen (secondary N) is 1. The van der Waals surface area contributed by atoms with Crippen LogP contribution in [0.4, 0.5) is 14.5 Å². The number of amides is 1. The van der Waals surface area contributed by atoms with Crippen LogP contribution in [0.3, 0.4) is 0 Å². The second-order valence-corrected chi connectivity index (χ2v) is 5.84. The number of nitrogens with zero attached hydrogens (tertiary/aromatic N) is 2. The van der Waals surface area contributed by atoms with Gasteiger partial charge in [-0.2, -0.15) is 13.9 Å². The van der Waals surface area contributed by atoms with E-state index in [1.54, 1.807) is 24.0 Å². The first-order valence-electron chi connectivity index (χ1n) is 8.64. The lowest BCUT2D eigenvalue weighted by Crippen LogP contribution is -2.12. The molecule has 0 aliphatic heterocycles. The molecular weight excluding hydrogens is 368 g/mol. The molecule has 1 heterocycles. The van der Waals surface area contributed by atoms with Crippen LogP contribution in [0.25, 0.3) is 0 Å². The van der Waals surface area contributed by atoms with Crippen LogP contribution >= 0.6 is 0 Å². The van der Waals surface area contributed by atoms with Gasteiger partial charge in [-0.3, -0.25) is 9.48 Å². The maximum atomic E-state index is 12.5. The van der Waals surface area contributed by atoms with Crippen molar-refractivity contribution in [1.82, 2.24) is 9.78 Å². The summed E-state index contributed by atoms with van der Waals surface area (Å²) in [5.74, 6) is -0.455. The van der Waals surface area contributed by atoms with Crippen molar-refractivity contribution in [2.75, 3.05) is 11.9 Å². The van der Waals surface area contributed by atoms with Gasteiger partial charge in [0.25, 0.3) is 5.91 Å². The quantitative estimate of drug-likeness (QED) is 0.630. The molecule has 3 rings (SSSR count). The van der Waals surface area contributed by atoms with E-state index in [1.165, 1.54) is 18.2 Å². The fourth-order valence-electron chi connectivity index (χ4n) is 2.60. The topological polar surface area (TPSA) is 65.4 Å². The van der Waals surface area contributed by atoms with Gasteiger partial charge in [0, 0.05) is 11.8 Å². The van der Waals surface area contributed by atoms with Crippen molar-refractivity contribution in [3.8, 4) is 11.5 Å². The lowest BCUT2D eigenvalue weighted by Gasteiger charge is -2.12. The van der Waals surface area contributed by atoms with E-state index in [0.717, 1.165) is 5.56 Å². The number of hydrogen-bond donors (Lipinski definition) is 1. The smallest absolute Gasteiger partial charge is 0.387 e. The molecule has 0 saturated heterocycles. The predicted molar refractivity (Wildman–Crippen MR) is 100.0 cm³/mol. The molecule has 2 aromatic carbocycles. The molecule has 0 bridgehead atoms. The first-order valence-corrected chi connectivity index (χ1v) is 8.64. The number of benzene rings is 2. The Labute approximate surface area is 160 Å². The molecule has 1 amide bonds. The summed E-state index contributed by atoms with van der Waals surface area (Å²) in [6.07, 6.45) is 3.25. The molecule has 0 atom stereocenters. The normalized spacial score (nSPS) is 10.7. The van der Waals surface area contributed by atoms with Crippen molar-refractivity contribution in [3.63, 3.8) is 0 Å². The van der Waals surface area contributed by atoms with Crippen molar-refractivity contribution < 1.29 is 23.0 Å².